The summed E-state index contributed by atoms with van der Waals surface area (Å²) in [7, 11) is 0. The van der Waals surface area contributed by atoms with Crippen molar-refractivity contribution in [1.29, 1.82) is 0 Å². The molecule has 0 unspecified atom stereocenters. The highest BCUT2D eigenvalue weighted by Crippen LogP contribution is 2.06. The van der Waals surface area contributed by atoms with E-state index in [1.165, 1.54) is 6.33 Å². The number of aromatic nitrogens is 3. The monoisotopic (exact) mass is 224 g/mol. The molecule has 5 heteroatoms. The third-order valence-corrected chi connectivity index (χ3v) is 2.44. The zero-order valence-corrected chi connectivity index (χ0v) is 10.1. The highest BCUT2D eigenvalue weighted by atomic mass is 16.1. The average Bonchev–Trinajstić information content (AvgIpc) is 2.29. The second-order valence-electron chi connectivity index (χ2n) is 3.82. The Morgan fingerprint density at radius 3 is 2.31 bits per heavy atom. The Bertz CT molecular complexity index is 342. The van der Waals surface area contributed by atoms with Gasteiger partial charge in [0.15, 0.2) is 0 Å². The standard InChI is InChI=1S/C11H20N4O/c1-3-5-7-15(8-6-4-2)10-12-9-13-11(16)14-10/h9H,3-8H2,1-2H3,(H,12,13,14,16). The van der Waals surface area contributed by atoms with Crippen molar-refractivity contribution in [3.8, 4) is 0 Å². The number of aromatic amines is 1. The van der Waals surface area contributed by atoms with Gasteiger partial charge in [-0.25, -0.2) is 9.78 Å². The number of rotatable bonds is 7. The quantitative estimate of drug-likeness (QED) is 0.763. The maximum Gasteiger partial charge on any atom is 0.349 e. The lowest BCUT2D eigenvalue weighted by Crippen LogP contribution is -2.29. The molecule has 16 heavy (non-hydrogen) atoms. The second kappa shape index (κ2) is 6.98. The first-order chi connectivity index (χ1) is 7.77. The van der Waals surface area contributed by atoms with E-state index < -0.39 is 0 Å². The number of nitrogens with zero attached hydrogens (tertiary/aromatic N) is 3. The summed E-state index contributed by atoms with van der Waals surface area (Å²) >= 11 is 0. The van der Waals surface area contributed by atoms with Crippen LogP contribution in [0.2, 0.25) is 0 Å². The number of hydrogen-bond donors (Lipinski definition) is 1. The van der Waals surface area contributed by atoms with Gasteiger partial charge in [0.1, 0.15) is 6.33 Å². The smallest absolute Gasteiger partial charge is 0.342 e. The second-order valence-corrected chi connectivity index (χ2v) is 3.82. The maximum atomic E-state index is 11.1. The van der Waals surface area contributed by atoms with Crippen LogP contribution in [0.15, 0.2) is 11.1 Å². The first-order valence-corrected chi connectivity index (χ1v) is 5.94. The van der Waals surface area contributed by atoms with Gasteiger partial charge in [-0.15, -0.1) is 0 Å². The molecule has 5 nitrogen and oxygen atoms in total. The number of unbranched alkanes of at least 4 members (excludes halogenated alkanes) is 2. The summed E-state index contributed by atoms with van der Waals surface area (Å²) in [5, 5.41) is 0. The zero-order chi connectivity index (χ0) is 11.8. The number of anilines is 1. The Balaban J connectivity index is 2.70. The maximum absolute atomic E-state index is 11.1. The van der Waals surface area contributed by atoms with Crippen molar-refractivity contribution >= 4 is 5.95 Å². The van der Waals surface area contributed by atoms with Gasteiger partial charge in [0.25, 0.3) is 0 Å². The molecule has 0 saturated carbocycles. The molecule has 0 fully saturated rings. The summed E-state index contributed by atoms with van der Waals surface area (Å²) in [6, 6.07) is 0. The fourth-order valence-corrected chi connectivity index (χ4v) is 1.48. The molecule has 1 aromatic heterocycles. The van der Waals surface area contributed by atoms with Crippen LogP contribution in [0.3, 0.4) is 0 Å². The summed E-state index contributed by atoms with van der Waals surface area (Å²) in [4.78, 5) is 23.5. The Labute approximate surface area is 95.9 Å². The van der Waals surface area contributed by atoms with Crippen LogP contribution in [-0.4, -0.2) is 28.0 Å². The average molecular weight is 224 g/mol. The normalized spacial score (nSPS) is 10.4. The Morgan fingerprint density at radius 2 is 1.81 bits per heavy atom. The van der Waals surface area contributed by atoms with Crippen LogP contribution in [-0.2, 0) is 0 Å². The van der Waals surface area contributed by atoms with Gasteiger partial charge >= 0.3 is 5.69 Å². The predicted molar refractivity (Wildman–Crippen MR) is 64.7 cm³/mol. The van der Waals surface area contributed by atoms with Crippen LogP contribution in [0.4, 0.5) is 5.95 Å². The van der Waals surface area contributed by atoms with Gasteiger partial charge in [0.05, 0.1) is 0 Å². The minimum absolute atomic E-state index is 0.331. The van der Waals surface area contributed by atoms with Crippen LogP contribution >= 0.6 is 0 Å². The number of hydrogen-bond acceptors (Lipinski definition) is 4. The molecule has 1 rings (SSSR count). The van der Waals surface area contributed by atoms with Crippen molar-refractivity contribution in [1.82, 2.24) is 15.0 Å². The molecular weight excluding hydrogens is 204 g/mol. The van der Waals surface area contributed by atoms with Gasteiger partial charge < -0.3 is 4.90 Å². The lowest BCUT2D eigenvalue weighted by Gasteiger charge is -2.22. The highest BCUT2D eigenvalue weighted by Gasteiger charge is 2.07. The fourth-order valence-electron chi connectivity index (χ4n) is 1.48. The molecule has 0 spiro atoms. The van der Waals surface area contributed by atoms with Gasteiger partial charge in [0, 0.05) is 13.1 Å². The lowest BCUT2D eigenvalue weighted by molar-refractivity contribution is 0.659. The van der Waals surface area contributed by atoms with E-state index in [0.717, 1.165) is 38.8 Å². The van der Waals surface area contributed by atoms with Gasteiger partial charge in [-0.05, 0) is 12.8 Å². The topological polar surface area (TPSA) is 61.9 Å². The Kier molecular flexibility index (Phi) is 5.53. The van der Waals surface area contributed by atoms with E-state index in [1.54, 1.807) is 0 Å². The zero-order valence-electron chi connectivity index (χ0n) is 10.1. The highest BCUT2D eigenvalue weighted by molar-refractivity contribution is 5.26. The molecule has 1 N–H and O–H groups in total. The van der Waals surface area contributed by atoms with Gasteiger partial charge in [-0.1, -0.05) is 26.7 Å². The summed E-state index contributed by atoms with van der Waals surface area (Å²) in [5.74, 6) is 0.641. The predicted octanol–water partition coefficient (Wildman–Crippen LogP) is 1.57. The van der Waals surface area contributed by atoms with Gasteiger partial charge in [-0.3, -0.25) is 4.98 Å². The van der Waals surface area contributed by atoms with E-state index in [2.05, 4.69) is 33.7 Å². The summed E-state index contributed by atoms with van der Waals surface area (Å²) in [5.41, 5.74) is -0.331. The molecule has 0 atom stereocenters. The minimum atomic E-state index is -0.331. The number of H-pyrrole nitrogens is 1. The van der Waals surface area contributed by atoms with Crippen molar-refractivity contribution in [2.75, 3.05) is 18.0 Å². The van der Waals surface area contributed by atoms with Crippen molar-refractivity contribution in [2.24, 2.45) is 0 Å². The van der Waals surface area contributed by atoms with Crippen molar-refractivity contribution in [3.63, 3.8) is 0 Å². The largest absolute Gasteiger partial charge is 0.349 e. The van der Waals surface area contributed by atoms with Crippen LogP contribution in [0.25, 0.3) is 0 Å². The summed E-state index contributed by atoms with van der Waals surface area (Å²) < 4.78 is 0. The molecule has 0 saturated heterocycles. The van der Waals surface area contributed by atoms with Crippen molar-refractivity contribution in [2.45, 2.75) is 39.5 Å². The Hall–Kier alpha value is -1.39. The summed E-state index contributed by atoms with van der Waals surface area (Å²) in [6.07, 6.45) is 5.81. The molecule has 0 bridgehead atoms. The van der Waals surface area contributed by atoms with Crippen LogP contribution in [0.1, 0.15) is 39.5 Å². The van der Waals surface area contributed by atoms with Crippen molar-refractivity contribution in [3.05, 3.63) is 16.8 Å². The fraction of sp³-hybridized carbons (Fsp3) is 0.727. The van der Waals surface area contributed by atoms with E-state index in [-0.39, 0.29) is 5.69 Å². The molecule has 0 aliphatic rings. The molecular formula is C11H20N4O. The first kappa shape index (κ1) is 12.7. The van der Waals surface area contributed by atoms with Crippen LogP contribution in [0.5, 0.6) is 0 Å². The van der Waals surface area contributed by atoms with Crippen molar-refractivity contribution < 1.29 is 0 Å². The van der Waals surface area contributed by atoms with E-state index >= 15 is 0 Å². The van der Waals surface area contributed by atoms with E-state index in [0.29, 0.717) is 5.95 Å². The van der Waals surface area contributed by atoms with E-state index in [1.807, 2.05) is 0 Å². The summed E-state index contributed by atoms with van der Waals surface area (Å²) in [6.45, 7) is 6.17. The third kappa shape index (κ3) is 4.00. The molecule has 0 amide bonds. The lowest BCUT2D eigenvalue weighted by atomic mass is 10.3. The van der Waals surface area contributed by atoms with Crippen LogP contribution in [0, 0.1) is 0 Å². The SMILES string of the molecule is CCCCN(CCCC)c1ncnc(=O)[nH]1. The Morgan fingerprint density at radius 1 is 1.19 bits per heavy atom. The molecule has 1 aromatic rings. The van der Waals surface area contributed by atoms with Gasteiger partial charge in [0.2, 0.25) is 5.95 Å². The molecule has 0 radical (unpaired) electrons. The molecule has 0 aromatic carbocycles. The van der Waals surface area contributed by atoms with E-state index in [4.69, 9.17) is 0 Å². The minimum Gasteiger partial charge on any atom is -0.342 e. The molecule has 0 aliphatic heterocycles. The first-order valence-electron chi connectivity index (χ1n) is 5.94. The third-order valence-electron chi connectivity index (χ3n) is 2.44. The molecule has 90 valence electrons. The van der Waals surface area contributed by atoms with Gasteiger partial charge in [-0.2, -0.15) is 4.98 Å². The van der Waals surface area contributed by atoms with E-state index in [9.17, 15) is 4.79 Å². The number of nitrogens with one attached hydrogen (secondary N) is 1. The molecule has 1 heterocycles. The van der Waals surface area contributed by atoms with Crippen LogP contribution < -0.4 is 10.6 Å². The molecule has 0 aliphatic carbocycles.